The molecule has 0 spiro atoms. The zero-order chi connectivity index (χ0) is 24.5. The molecule has 3 aromatic carbocycles. The minimum Gasteiger partial charge on any atom is -0.362 e. The first-order chi connectivity index (χ1) is 17.0. The third-order valence-corrected chi connectivity index (χ3v) is 6.83. The highest BCUT2D eigenvalue weighted by atomic mass is 16.5. The highest BCUT2D eigenvalue weighted by Gasteiger charge is 2.40. The third kappa shape index (κ3) is 4.33. The van der Waals surface area contributed by atoms with Crippen LogP contribution in [-0.4, -0.2) is 30.5 Å². The number of hydrogen-bond acceptors (Lipinski definition) is 5. The van der Waals surface area contributed by atoms with E-state index in [0.29, 0.717) is 36.9 Å². The van der Waals surface area contributed by atoms with E-state index in [1.807, 2.05) is 48.5 Å². The SMILES string of the molecule is CC(C)C(NCOCc1ccc2c3c(cccc13)N(C1CCC(=O)NC1=O)C2=O)c1ccccc1. The second kappa shape index (κ2) is 9.60. The molecule has 3 amide bonds. The summed E-state index contributed by atoms with van der Waals surface area (Å²) in [6.07, 6.45) is 0.541. The fourth-order valence-electron chi connectivity index (χ4n) is 5.14. The lowest BCUT2D eigenvalue weighted by Crippen LogP contribution is -2.53. The largest absolute Gasteiger partial charge is 0.362 e. The Bertz CT molecular complexity index is 1290. The maximum absolute atomic E-state index is 13.3. The molecular weight excluding hydrogens is 442 g/mol. The van der Waals surface area contributed by atoms with Gasteiger partial charge < -0.3 is 4.74 Å². The van der Waals surface area contributed by atoms with Gasteiger partial charge in [0.25, 0.3) is 5.91 Å². The molecule has 1 fully saturated rings. The molecule has 2 atom stereocenters. The average molecular weight is 472 g/mol. The quantitative estimate of drug-likeness (QED) is 0.294. The minimum atomic E-state index is -0.687. The second-order valence-electron chi connectivity index (χ2n) is 9.44. The normalized spacial score (nSPS) is 18.4. The summed E-state index contributed by atoms with van der Waals surface area (Å²) in [5.74, 6) is -0.523. The lowest BCUT2D eigenvalue weighted by Gasteiger charge is -2.30. The minimum absolute atomic E-state index is 0.184. The van der Waals surface area contributed by atoms with Crippen LogP contribution < -0.4 is 15.5 Å². The lowest BCUT2D eigenvalue weighted by atomic mass is 9.96. The van der Waals surface area contributed by atoms with Gasteiger partial charge in [0.1, 0.15) is 6.04 Å². The first-order valence-corrected chi connectivity index (χ1v) is 12.0. The molecule has 35 heavy (non-hydrogen) atoms. The van der Waals surface area contributed by atoms with E-state index in [1.165, 1.54) is 5.56 Å². The van der Waals surface area contributed by atoms with Gasteiger partial charge in [-0.15, -0.1) is 0 Å². The summed E-state index contributed by atoms with van der Waals surface area (Å²) in [6.45, 7) is 5.14. The molecule has 1 saturated heterocycles. The molecule has 2 N–H and O–H groups in total. The van der Waals surface area contributed by atoms with Crippen molar-refractivity contribution in [1.82, 2.24) is 10.6 Å². The van der Waals surface area contributed by atoms with Gasteiger partial charge in [-0.2, -0.15) is 0 Å². The number of rotatable bonds is 8. The molecule has 2 aliphatic heterocycles. The number of nitrogens with zero attached hydrogens (tertiary/aromatic N) is 1. The molecule has 2 heterocycles. The Balaban J connectivity index is 1.33. The number of amides is 3. The van der Waals surface area contributed by atoms with Crippen molar-refractivity contribution in [3.05, 3.63) is 77.4 Å². The van der Waals surface area contributed by atoms with Crippen LogP contribution in [-0.2, 0) is 20.9 Å². The highest BCUT2D eigenvalue weighted by Crippen LogP contribution is 2.41. The summed E-state index contributed by atoms with van der Waals surface area (Å²) in [7, 11) is 0. The number of nitrogens with one attached hydrogen (secondary N) is 2. The molecule has 180 valence electrons. The summed E-state index contributed by atoms with van der Waals surface area (Å²) in [6, 6.07) is 19.3. The molecule has 7 nitrogen and oxygen atoms in total. The Morgan fingerprint density at radius 2 is 1.83 bits per heavy atom. The van der Waals surface area contributed by atoms with E-state index in [1.54, 1.807) is 4.90 Å². The van der Waals surface area contributed by atoms with Crippen LogP contribution >= 0.6 is 0 Å². The Morgan fingerprint density at radius 1 is 1.03 bits per heavy atom. The van der Waals surface area contributed by atoms with Crippen LogP contribution in [0.2, 0.25) is 0 Å². The monoisotopic (exact) mass is 471 g/mol. The number of carbonyl (C=O) groups excluding carboxylic acids is 3. The number of carbonyl (C=O) groups is 3. The molecule has 7 heteroatoms. The number of benzene rings is 3. The summed E-state index contributed by atoms with van der Waals surface area (Å²) < 4.78 is 6.02. The topological polar surface area (TPSA) is 87.7 Å². The smallest absolute Gasteiger partial charge is 0.259 e. The van der Waals surface area contributed by atoms with Crippen LogP contribution in [0.1, 0.15) is 54.2 Å². The van der Waals surface area contributed by atoms with Crippen molar-refractivity contribution in [1.29, 1.82) is 0 Å². The summed E-state index contributed by atoms with van der Waals surface area (Å²) in [5.41, 5.74) is 3.49. The van der Waals surface area contributed by atoms with E-state index >= 15 is 0 Å². The molecule has 0 radical (unpaired) electrons. The van der Waals surface area contributed by atoms with Gasteiger partial charge in [0.15, 0.2) is 0 Å². The highest BCUT2D eigenvalue weighted by molar-refractivity contribution is 6.27. The van der Waals surface area contributed by atoms with E-state index < -0.39 is 11.9 Å². The van der Waals surface area contributed by atoms with Crippen LogP contribution in [0.4, 0.5) is 5.69 Å². The molecule has 3 aromatic rings. The fraction of sp³-hybridized carbons (Fsp3) is 0.321. The molecule has 0 bridgehead atoms. The summed E-state index contributed by atoms with van der Waals surface area (Å²) in [5, 5.41) is 7.63. The van der Waals surface area contributed by atoms with Crippen LogP contribution in [0.15, 0.2) is 60.7 Å². The molecular formula is C28H29N3O4. The van der Waals surface area contributed by atoms with Gasteiger partial charge in [-0.3, -0.25) is 29.9 Å². The number of anilines is 1. The molecule has 0 saturated carbocycles. The van der Waals surface area contributed by atoms with Gasteiger partial charge in [0.2, 0.25) is 11.8 Å². The van der Waals surface area contributed by atoms with E-state index in [-0.39, 0.29) is 24.3 Å². The van der Waals surface area contributed by atoms with Gasteiger partial charge in [0.05, 0.1) is 19.0 Å². The molecule has 0 aliphatic carbocycles. The van der Waals surface area contributed by atoms with E-state index in [2.05, 4.69) is 36.6 Å². The average Bonchev–Trinajstić information content (AvgIpc) is 3.13. The van der Waals surface area contributed by atoms with Crippen LogP contribution in [0.5, 0.6) is 0 Å². The fourth-order valence-corrected chi connectivity index (χ4v) is 5.14. The zero-order valence-electron chi connectivity index (χ0n) is 19.9. The number of ether oxygens (including phenoxy) is 1. The van der Waals surface area contributed by atoms with E-state index in [0.717, 1.165) is 16.3 Å². The van der Waals surface area contributed by atoms with Crippen molar-refractivity contribution in [3.63, 3.8) is 0 Å². The van der Waals surface area contributed by atoms with Crippen molar-refractivity contribution < 1.29 is 19.1 Å². The van der Waals surface area contributed by atoms with Gasteiger partial charge in [0, 0.05) is 23.4 Å². The van der Waals surface area contributed by atoms with Gasteiger partial charge >= 0.3 is 0 Å². The van der Waals surface area contributed by atoms with Crippen LogP contribution in [0.3, 0.4) is 0 Å². The maximum atomic E-state index is 13.3. The zero-order valence-corrected chi connectivity index (χ0v) is 19.9. The first kappa shape index (κ1) is 23.2. The Morgan fingerprint density at radius 3 is 2.57 bits per heavy atom. The number of piperidine rings is 1. The standard InChI is InChI=1S/C28H29N3O4/c1-17(2)26(18-7-4-3-5-8-18)29-16-35-15-19-11-12-21-25-20(19)9-6-10-22(25)31(28(21)34)23-13-14-24(32)30-27(23)33/h3-12,17,23,26,29H,13-16H2,1-2H3,(H,30,32,33). The van der Waals surface area contributed by atoms with E-state index in [4.69, 9.17) is 4.74 Å². The summed E-state index contributed by atoms with van der Waals surface area (Å²) in [4.78, 5) is 38.9. The van der Waals surface area contributed by atoms with Crippen molar-refractivity contribution in [3.8, 4) is 0 Å². The molecule has 2 aliphatic rings. The van der Waals surface area contributed by atoms with E-state index in [9.17, 15) is 14.4 Å². The van der Waals surface area contributed by atoms with Crippen molar-refractivity contribution in [2.75, 3.05) is 11.6 Å². The van der Waals surface area contributed by atoms with Crippen molar-refractivity contribution in [2.45, 2.75) is 45.4 Å². The lowest BCUT2D eigenvalue weighted by molar-refractivity contribution is -0.134. The van der Waals surface area contributed by atoms with Crippen molar-refractivity contribution in [2.24, 2.45) is 5.92 Å². The number of imide groups is 1. The first-order valence-electron chi connectivity index (χ1n) is 12.0. The number of hydrogen-bond donors (Lipinski definition) is 2. The predicted octanol–water partition coefficient (Wildman–Crippen LogP) is 4.07. The molecule has 2 unspecified atom stereocenters. The Kier molecular flexibility index (Phi) is 6.36. The van der Waals surface area contributed by atoms with Crippen LogP contribution in [0, 0.1) is 5.92 Å². The van der Waals surface area contributed by atoms with Crippen molar-refractivity contribution >= 4 is 34.2 Å². The Labute approximate surface area is 204 Å². The third-order valence-electron chi connectivity index (χ3n) is 6.83. The van der Waals surface area contributed by atoms with Gasteiger partial charge in [-0.05, 0) is 41.0 Å². The van der Waals surface area contributed by atoms with Gasteiger partial charge in [-0.25, -0.2) is 0 Å². The molecule has 5 rings (SSSR count). The van der Waals surface area contributed by atoms with Crippen LogP contribution in [0.25, 0.3) is 10.8 Å². The molecule has 0 aromatic heterocycles. The maximum Gasteiger partial charge on any atom is 0.259 e. The second-order valence-corrected chi connectivity index (χ2v) is 9.44. The van der Waals surface area contributed by atoms with Gasteiger partial charge in [-0.1, -0.05) is 62.4 Å². The Hall–Kier alpha value is -3.55. The predicted molar refractivity (Wildman–Crippen MR) is 134 cm³/mol. The summed E-state index contributed by atoms with van der Waals surface area (Å²) >= 11 is 0.